The fraction of sp³-hybridized carbons (Fsp3) is 0.615. The molecule has 1 heterocycles. The largest absolute Gasteiger partial charge is 0.308 e. The minimum atomic E-state index is 0.163. The standard InChI is InChI=1S/C13H23N3/c1-11(12-7-6-8-14-9-12)15-10-13(2,3)16(4)5/h6-9,11,15H,10H2,1-5H3. The molecule has 0 aliphatic rings. The maximum atomic E-state index is 4.13. The van der Waals surface area contributed by atoms with Crippen LogP contribution in [-0.4, -0.2) is 36.1 Å². The second kappa shape index (κ2) is 5.41. The topological polar surface area (TPSA) is 28.2 Å². The lowest BCUT2D eigenvalue weighted by Crippen LogP contribution is -2.47. The number of rotatable bonds is 5. The first-order valence-corrected chi connectivity index (χ1v) is 5.74. The van der Waals surface area contributed by atoms with Gasteiger partial charge < -0.3 is 10.2 Å². The zero-order valence-electron chi connectivity index (χ0n) is 11.0. The van der Waals surface area contributed by atoms with E-state index in [0.717, 1.165) is 6.54 Å². The molecule has 16 heavy (non-hydrogen) atoms. The Morgan fingerprint density at radius 3 is 2.62 bits per heavy atom. The van der Waals surface area contributed by atoms with Gasteiger partial charge in [0.25, 0.3) is 0 Å². The van der Waals surface area contributed by atoms with Crippen molar-refractivity contribution in [2.45, 2.75) is 32.4 Å². The first kappa shape index (κ1) is 13.1. The Bertz CT molecular complexity index is 306. The molecule has 0 amide bonds. The van der Waals surface area contributed by atoms with Crippen LogP contribution in [0.25, 0.3) is 0 Å². The van der Waals surface area contributed by atoms with Gasteiger partial charge >= 0.3 is 0 Å². The van der Waals surface area contributed by atoms with Gasteiger partial charge in [0.15, 0.2) is 0 Å². The van der Waals surface area contributed by atoms with Gasteiger partial charge in [0.05, 0.1) is 0 Å². The van der Waals surface area contributed by atoms with Crippen molar-refractivity contribution in [3.63, 3.8) is 0 Å². The fourth-order valence-electron chi connectivity index (χ4n) is 1.31. The average Bonchev–Trinajstić information content (AvgIpc) is 2.27. The quantitative estimate of drug-likeness (QED) is 0.825. The molecule has 1 unspecified atom stereocenters. The Morgan fingerprint density at radius 2 is 2.12 bits per heavy atom. The number of pyridine rings is 1. The van der Waals surface area contributed by atoms with Crippen LogP contribution in [0.3, 0.4) is 0 Å². The highest BCUT2D eigenvalue weighted by Gasteiger charge is 2.20. The molecular weight excluding hydrogens is 198 g/mol. The second-order valence-corrected chi connectivity index (χ2v) is 5.10. The van der Waals surface area contributed by atoms with Crippen molar-refractivity contribution in [1.82, 2.24) is 15.2 Å². The number of likely N-dealkylation sites (N-methyl/N-ethyl adjacent to an activating group) is 1. The van der Waals surface area contributed by atoms with Crippen molar-refractivity contribution < 1.29 is 0 Å². The van der Waals surface area contributed by atoms with Crippen LogP contribution in [0.5, 0.6) is 0 Å². The molecule has 0 saturated carbocycles. The van der Waals surface area contributed by atoms with Crippen LogP contribution in [-0.2, 0) is 0 Å². The van der Waals surface area contributed by atoms with E-state index in [4.69, 9.17) is 0 Å². The van der Waals surface area contributed by atoms with Gasteiger partial charge in [0.2, 0.25) is 0 Å². The Kier molecular flexibility index (Phi) is 4.44. The summed E-state index contributed by atoms with van der Waals surface area (Å²) in [5.74, 6) is 0. The highest BCUT2D eigenvalue weighted by Crippen LogP contribution is 2.13. The Hall–Kier alpha value is -0.930. The third-order valence-corrected chi connectivity index (χ3v) is 3.24. The van der Waals surface area contributed by atoms with E-state index in [1.54, 1.807) is 6.20 Å². The van der Waals surface area contributed by atoms with Crippen LogP contribution in [0.4, 0.5) is 0 Å². The summed E-state index contributed by atoms with van der Waals surface area (Å²) in [4.78, 5) is 6.37. The molecule has 0 aliphatic heterocycles. The molecule has 0 saturated heterocycles. The summed E-state index contributed by atoms with van der Waals surface area (Å²) in [6.45, 7) is 7.59. The molecule has 0 radical (unpaired) electrons. The van der Waals surface area contributed by atoms with Gasteiger partial charge in [-0.25, -0.2) is 0 Å². The lowest BCUT2D eigenvalue weighted by molar-refractivity contribution is 0.185. The van der Waals surface area contributed by atoms with E-state index in [1.807, 2.05) is 12.3 Å². The molecule has 0 bridgehead atoms. The van der Waals surface area contributed by atoms with Crippen LogP contribution in [0, 0.1) is 0 Å². The molecule has 1 atom stereocenters. The van der Waals surface area contributed by atoms with E-state index in [1.165, 1.54) is 5.56 Å². The van der Waals surface area contributed by atoms with Crippen LogP contribution in [0.1, 0.15) is 32.4 Å². The summed E-state index contributed by atoms with van der Waals surface area (Å²) in [6.07, 6.45) is 3.72. The maximum absolute atomic E-state index is 4.13. The Balaban J connectivity index is 2.51. The SMILES string of the molecule is CC(NCC(C)(C)N(C)C)c1cccnc1. The van der Waals surface area contributed by atoms with Gasteiger partial charge in [-0.15, -0.1) is 0 Å². The molecule has 0 fully saturated rings. The first-order valence-electron chi connectivity index (χ1n) is 5.74. The third kappa shape index (κ3) is 3.58. The smallest absolute Gasteiger partial charge is 0.0315 e. The normalized spacial score (nSPS) is 14.1. The van der Waals surface area contributed by atoms with Crippen molar-refractivity contribution in [3.8, 4) is 0 Å². The number of nitrogens with zero attached hydrogens (tertiary/aromatic N) is 2. The predicted molar refractivity (Wildman–Crippen MR) is 68.4 cm³/mol. The van der Waals surface area contributed by atoms with Crippen molar-refractivity contribution in [1.29, 1.82) is 0 Å². The lowest BCUT2D eigenvalue weighted by atomic mass is 10.0. The van der Waals surface area contributed by atoms with Gasteiger partial charge in [-0.3, -0.25) is 4.98 Å². The van der Waals surface area contributed by atoms with Crippen LogP contribution in [0.2, 0.25) is 0 Å². The van der Waals surface area contributed by atoms with Crippen molar-refractivity contribution in [2.75, 3.05) is 20.6 Å². The van der Waals surface area contributed by atoms with Gasteiger partial charge in [0, 0.05) is 30.5 Å². The first-order chi connectivity index (χ1) is 7.43. The number of hydrogen-bond donors (Lipinski definition) is 1. The average molecular weight is 221 g/mol. The Labute approximate surface area is 98.9 Å². The summed E-state index contributed by atoms with van der Waals surface area (Å²) in [5.41, 5.74) is 1.40. The molecule has 3 heteroatoms. The molecule has 1 N–H and O–H groups in total. The lowest BCUT2D eigenvalue weighted by Gasteiger charge is -2.34. The van der Waals surface area contributed by atoms with Gasteiger partial charge in [0.1, 0.15) is 0 Å². The van der Waals surface area contributed by atoms with E-state index in [2.05, 4.69) is 56.1 Å². The van der Waals surface area contributed by atoms with Crippen LogP contribution in [0.15, 0.2) is 24.5 Å². The molecule has 3 nitrogen and oxygen atoms in total. The molecule has 0 aromatic carbocycles. The van der Waals surface area contributed by atoms with Crippen LogP contribution >= 0.6 is 0 Å². The summed E-state index contributed by atoms with van der Waals surface area (Å²) < 4.78 is 0. The number of hydrogen-bond acceptors (Lipinski definition) is 3. The van der Waals surface area contributed by atoms with Crippen molar-refractivity contribution in [2.24, 2.45) is 0 Å². The zero-order valence-corrected chi connectivity index (χ0v) is 11.0. The van der Waals surface area contributed by atoms with Gasteiger partial charge in [-0.05, 0) is 46.5 Å². The monoisotopic (exact) mass is 221 g/mol. The molecular formula is C13H23N3. The van der Waals surface area contributed by atoms with Crippen molar-refractivity contribution in [3.05, 3.63) is 30.1 Å². The molecule has 1 rings (SSSR count). The Morgan fingerprint density at radius 1 is 1.44 bits per heavy atom. The second-order valence-electron chi connectivity index (χ2n) is 5.10. The summed E-state index contributed by atoms with van der Waals surface area (Å²) in [5, 5.41) is 3.54. The molecule has 90 valence electrons. The molecule has 1 aromatic heterocycles. The minimum Gasteiger partial charge on any atom is -0.308 e. The van der Waals surface area contributed by atoms with Crippen LogP contribution < -0.4 is 5.32 Å². The predicted octanol–water partition coefficient (Wildman–Crippen LogP) is 2.07. The summed E-state index contributed by atoms with van der Waals surface area (Å²) >= 11 is 0. The minimum absolute atomic E-state index is 0.163. The molecule has 0 aliphatic carbocycles. The molecule has 1 aromatic rings. The number of aromatic nitrogens is 1. The van der Waals surface area contributed by atoms with E-state index in [9.17, 15) is 0 Å². The highest BCUT2D eigenvalue weighted by molar-refractivity contribution is 5.12. The van der Waals surface area contributed by atoms with E-state index >= 15 is 0 Å². The summed E-state index contributed by atoms with van der Waals surface area (Å²) in [6, 6.07) is 4.42. The third-order valence-electron chi connectivity index (χ3n) is 3.24. The van der Waals surface area contributed by atoms with Crippen molar-refractivity contribution >= 4 is 0 Å². The zero-order chi connectivity index (χ0) is 12.2. The summed E-state index contributed by atoms with van der Waals surface area (Å²) in [7, 11) is 4.22. The molecule has 0 spiro atoms. The maximum Gasteiger partial charge on any atom is 0.0315 e. The van der Waals surface area contributed by atoms with Gasteiger partial charge in [-0.2, -0.15) is 0 Å². The highest BCUT2D eigenvalue weighted by atomic mass is 15.2. The van der Waals surface area contributed by atoms with E-state index in [-0.39, 0.29) is 5.54 Å². The number of nitrogens with one attached hydrogen (secondary N) is 1. The fourth-order valence-corrected chi connectivity index (χ4v) is 1.31. The van der Waals surface area contributed by atoms with Gasteiger partial charge in [-0.1, -0.05) is 6.07 Å². The van der Waals surface area contributed by atoms with E-state index in [0.29, 0.717) is 6.04 Å². The van der Waals surface area contributed by atoms with E-state index < -0.39 is 0 Å².